The van der Waals surface area contributed by atoms with E-state index in [0.29, 0.717) is 0 Å². The summed E-state index contributed by atoms with van der Waals surface area (Å²) in [7, 11) is 0. The molecule has 0 aromatic heterocycles. The summed E-state index contributed by atoms with van der Waals surface area (Å²) >= 11 is 0. The Morgan fingerprint density at radius 3 is 2.44 bits per heavy atom. The molecule has 1 rings (SSSR count). The molecule has 0 saturated carbocycles. The lowest BCUT2D eigenvalue weighted by molar-refractivity contribution is -0.465. The summed E-state index contributed by atoms with van der Waals surface area (Å²) in [5.74, 6) is -1.50. The van der Waals surface area contributed by atoms with Crippen LogP contribution in [0.15, 0.2) is 18.2 Å². The molecule has 16 heavy (non-hydrogen) atoms. The second-order valence-electron chi connectivity index (χ2n) is 2.87. The van der Waals surface area contributed by atoms with E-state index in [1.165, 1.54) is 0 Å². The van der Waals surface area contributed by atoms with Crippen LogP contribution in [0.3, 0.4) is 0 Å². The molecule has 84 valence electrons. The van der Waals surface area contributed by atoms with Crippen LogP contribution in [0, 0.1) is 20.2 Å². The van der Waals surface area contributed by atoms with Gasteiger partial charge >= 0.3 is 0 Å². The smallest absolute Gasteiger partial charge is 0.270 e. The number of benzene rings is 1. The summed E-state index contributed by atoms with van der Waals surface area (Å²) in [6, 6.07) is 2.75. The Bertz CT molecular complexity index is 470. The van der Waals surface area contributed by atoms with Crippen LogP contribution in [0.1, 0.15) is 10.4 Å². The van der Waals surface area contributed by atoms with Crippen molar-refractivity contribution in [2.24, 2.45) is 0 Å². The van der Waals surface area contributed by atoms with Crippen molar-refractivity contribution in [2.45, 2.75) is 0 Å². The molecule has 0 unspecified atom stereocenters. The fourth-order valence-electron chi connectivity index (χ4n) is 1.06. The Morgan fingerprint density at radius 1 is 1.31 bits per heavy atom. The molecule has 0 aliphatic heterocycles. The number of nitrogens with zero attached hydrogens (tertiary/aromatic N) is 2. The lowest BCUT2D eigenvalue weighted by Crippen LogP contribution is -2.14. The number of rotatable bonds is 4. The highest BCUT2D eigenvalue weighted by molar-refractivity contribution is 5.99. The molecule has 0 aliphatic carbocycles. The van der Waals surface area contributed by atoms with Crippen molar-refractivity contribution < 1.29 is 19.7 Å². The molecular formula is C8H6N2O6. The van der Waals surface area contributed by atoms with Crippen LogP contribution in [0.5, 0.6) is 5.75 Å². The number of nitro benzene ring substituents is 1. The third kappa shape index (κ3) is 2.50. The molecule has 1 N–H and O–H groups in total. The molecule has 0 heterocycles. The minimum absolute atomic E-state index is 0.413. The first-order valence-corrected chi connectivity index (χ1v) is 4.04. The molecule has 0 amide bonds. The van der Waals surface area contributed by atoms with E-state index < -0.39 is 39.2 Å². The number of phenolic OH excluding ortho intramolecular Hbond substituents is 1. The molecule has 0 spiro atoms. The van der Waals surface area contributed by atoms with Gasteiger partial charge in [-0.2, -0.15) is 0 Å². The Hall–Kier alpha value is -2.51. The van der Waals surface area contributed by atoms with Crippen LogP contribution >= 0.6 is 0 Å². The second kappa shape index (κ2) is 4.34. The third-order valence-electron chi connectivity index (χ3n) is 1.76. The molecule has 8 nitrogen and oxygen atoms in total. The second-order valence-corrected chi connectivity index (χ2v) is 2.87. The quantitative estimate of drug-likeness (QED) is 0.459. The highest BCUT2D eigenvalue weighted by Crippen LogP contribution is 2.23. The van der Waals surface area contributed by atoms with Gasteiger partial charge in [-0.1, -0.05) is 0 Å². The first-order valence-electron chi connectivity index (χ1n) is 4.04. The van der Waals surface area contributed by atoms with Crippen LogP contribution < -0.4 is 0 Å². The fraction of sp³-hybridized carbons (Fsp3) is 0.125. The van der Waals surface area contributed by atoms with Crippen molar-refractivity contribution in [1.29, 1.82) is 0 Å². The van der Waals surface area contributed by atoms with E-state index in [4.69, 9.17) is 0 Å². The molecule has 1 aromatic rings. The van der Waals surface area contributed by atoms with Crippen molar-refractivity contribution >= 4 is 11.5 Å². The van der Waals surface area contributed by atoms with Crippen LogP contribution in [-0.4, -0.2) is 27.3 Å². The van der Waals surface area contributed by atoms with Crippen molar-refractivity contribution in [3.05, 3.63) is 44.0 Å². The predicted octanol–water partition coefficient (Wildman–Crippen LogP) is 0.760. The first-order chi connectivity index (χ1) is 7.41. The van der Waals surface area contributed by atoms with Crippen LogP contribution in [0.2, 0.25) is 0 Å². The summed E-state index contributed by atoms with van der Waals surface area (Å²) in [5.41, 5.74) is -0.838. The summed E-state index contributed by atoms with van der Waals surface area (Å²) in [6.07, 6.45) is 0. The summed E-state index contributed by atoms with van der Waals surface area (Å²) in [6.45, 7) is -1.02. The maximum atomic E-state index is 11.2. The molecule has 0 bridgehead atoms. The van der Waals surface area contributed by atoms with Crippen molar-refractivity contribution in [3.63, 3.8) is 0 Å². The molecule has 0 aliphatic rings. The van der Waals surface area contributed by atoms with Crippen molar-refractivity contribution in [2.75, 3.05) is 6.54 Å². The molecule has 0 saturated heterocycles. The number of carbonyl (C=O) groups is 1. The predicted molar refractivity (Wildman–Crippen MR) is 51.0 cm³/mol. The van der Waals surface area contributed by atoms with E-state index in [9.17, 15) is 30.1 Å². The molecule has 0 atom stereocenters. The molecule has 0 radical (unpaired) electrons. The zero-order valence-electron chi connectivity index (χ0n) is 7.82. The monoisotopic (exact) mass is 226 g/mol. The van der Waals surface area contributed by atoms with Crippen LogP contribution in [-0.2, 0) is 0 Å². The Morgan fingerprint density at radius 2 is 1.94 bits per heavy atom. The number of non-ortho nitro benzene ring substituents is 1. The maximum absolute atomic E-state index is 11.2. The third-order valence-corrected chi connectivity index (χ3v) is 1.76. The number of carbonyl (C=O) groups excluding carboxylic acids is 1. The Kier molecular flexibility index (Phi) is 3.14. The normalized spacial score (nSPS) is 9.75. The fourth-order valence-corrected chi connectivity index (χ4v) is 1.06. The van der Waals surface area contributed by atoms with Gasteiger partial charge in [-0.25, -0.2) is 0 Å². The van der Waals surface area contributed by atoms with E-state index >= 15 is 0 Å². The zero-order valence-corrected chi connectivity index (χ0v) is 7.82. The van der Waals surface area contributed by atoms with Crippen molar-refractivity contribution in [3.8, 4) is 5.75 Å². The zero-order chi connectivity index (χ0) is 12.3. The number of aromatic hydroxyl groups is 1. The van der Waals surface area contributed by atoms with Gasteiger partial charge in [0.15, 0.2) is 0 Å². The SMILES string of the molecule is O=C(C[N+](=O)[O-])c1cc([N+](=O)[O-])ccc1O. The van der Waals surface area contributed by atoms with Gasteiger partial charge in [-0.15, -0.1) is 0 Å². The van der Waals surface area contributed by atoms with Crippen LogP contribution in [0.4, 0.5) is 5.69 Å². The number of nitro groups is 2. The Balaban J connectivity index is 3.11. The lowest BCUT2D eigenvalue weighted by atomic mass is 10.1. The molecule has 8 heteroatoms. The number of ketones is 1. The summed E-state index contributed by atoms with van der Waals surface area (Å²) in [4.78, 5) is 30.1. The van der Waals surface area contributed by atoms with Gasteiger partial charge in [0.2, 0.25) is 5.78 Å². The van der Waals surface area contributed by atoms with E-state index in [1.54, 1.807) is 0 Å². The Labute approximate surface area is 88.4 Å². The van der Waals surface area contributed by atoms with Gasteiger partial charge in [0.05, 0.1) is 10.5 Å². The lowest BCUT2D eigenvalue weighted by Gasteiger charge is -2.00. The molecule has 0 fully saturated rings. The van der Waals surface area contributed by atoms with Gasteiger partial charge in [-0.3, -0.25) is 25.0 Å². The summed E-state index contributed by atoms with van der Waals surface area (Å²) in [5, 5.41) is 29.7. The number of phenols is 1. The average molecular weight is 226 g/mol. The summed E-state index contributed by atoms with van der Waals surface area (Å²) < 4.78 is 0. The maximum Gasteiger partial charge on any atom is 0.270 e. The minimum Gasteiger partial charge on any atom is -0.507 e. The van der Waals surface area contributed by atoms with Crippen LogP contribution in [0.25, 0.3) is 0 Å². The van der Waals surface area contributed by atoms with Crippen molar-refractivity contribution in [1.82, 2.24) is 0 Å². The average Bonchev–Trinajstić information content (AvgIpc) is 2.16. The van der Waals surface area contributed by atoms with E-state index in [1.807, 2.05) is 0 Å². The van der Waals surface area contributed by atoms with Gasteiger partial charge in [-0.05, 0) is 6.07 Å². The van der Waals surface area contributed by atoms with Gasteiger partial charge < -0.3 is 5.11 Å². The number of hydrogen-bond acceptors (Lipinski definition) is 6. The minimum atomic E-state index is -1.02. The topological polar surface area (TPSA) is 124 Å². The van der Waals surface area contributed by atoms with Gasteiger partial charge in [0, 0.05) is 17.1 Å². The highest BCUT2D eigenvalue weighted by Gasteiger charge is 2.19. The molecular weight excluding hydrogens is 220 g/mol. The standard InChI is InChI=1S/C8H6N2O6/c11-7-2-1-5(10(15)16)3-6(7)8(12)4-9(13)14/h1-3,11H,4H2. The van der Waals surface area contributed by atoms with Gasteiger partial charge in [0.25, 0.3) is 12.2 Å². The number of hydrogen-bond donors (Lipinski definition) is 1. The van der Waals surface area contributed by atoms with E-state index in [2.05, 4.69) is 0 Å². The van der Waals surface area contributed by atoms with E-state index in [0.717, 1.165) is 18.2 Å². The first kappa shape index (κ1) is 11.6. The number of Topliss-reactive ketones (excluding diaryl/α,β-unsaturated/α-hetero) is 1. The largest absolute Gasteiger partial charge is 0.507 e. The molecule has 1 aromatic carbocycles. The van der Waals surface area contributed by atoms with E-state index in [-0.39, 0.29) is 0 Å². The van der Waals surface area contributed by atoms with Gasteiger partial charge in [0.1, 0.15) is 5.75 Å². The highest BCUT2D eigenvalue weighted by atomic mass is 16.6.